The Balaban J connectivity index is 1.86. The number of pyridine rings is 1. The van der Waals surface area contributed by atoms with Crippen LogP contribution in [0.2, 0.25) is 0 Å². The Labute approximate surface area is 201 Å². The van der Waals surface area contributed by atoms with Crippen molar-refractivity contribution < 1.29 is 32.6 Å². The van der Waals surface area contributed by atoms with E-state index in [0.717, 1.165) is 3.97 Å². The van der Waals surface area contributed by atoms with Crippen molar-refractivity contribution in [3.63, 3.8) is 0 Å². The van der Waals surface area contributed by atoms with Crippen LogP contribution >= 0.6 is 0 Å². The van der Waals surface area contributed by atoms with Crippen LogP contribution in [-0.4, -0.2) is 48.5 Å². The van der Waals surface area contributed by atoms with Gasteiger partial charge in [-0.15, -0.1) is 0 Å². The van der Waals surface area contributed by atoms with E-state index in [-0.39, 0.29) is 29.0 Å². The van der Waals surface area contributed by atoms with Gasteiger partial charge in [0.15, 0.2) is 11.5 Å². The number of carbonyl (C=O) groups is 2. The van der Waals surface area contributed by atoms with Crippen LogP contribution in [0.4, 0.5) is 0 Å². The standard InChI is InChI=1S/C25H22N2O7S/c1-33-22-13-19-17(9-10-24(28)29)15-27(21(19)14-23(22)34-2)35(31,32)18-7-5-6-16(12-18)25(30)20-8-3-4-11-26-20/h3-8,11-15H,9-10H2,1-2H3,(H,28,29). The quantitative estimate of drug-likeness (QED) is 0.350. The molecule has 2 aromatic carbocycles. The SMILES string of the molecule is COc1cc2c(CCC(=O)O)cn(S(=O)(=O)c3cccc(C(=O)c4ccccn4)c3)c2cc1OC. The zero-order chi connectivity index (χ0) is 25.2. The maximum absolute atomic E-state index is 13.7. The van der Waals surface area contributed by atoms with Crippen LogP contribution in [0.1, 0.15) is 28.0 Å². The van der Waals surface area contributed by atoms with Gasteiger partial charge in [0.05, 0.1) is 24.6 Å². The van der Waals surface area contributed by atoms with Crippen LogP contribution < -0.4 is 9.47 Å². The highest BCUT2D eigenvalue weighted by Gasteiger charge is 2.24. The summed E-state index contributed by atoms with van der Waals surface area (Å²) in [6.07, 6.45) is 2.82. The number of rotatable bonds is 9. The van der Waals surface area contributed by atoms with E-state index in [2.05, 4.69) is 4.98 Å². The summed E-state index contributed by atoms with van der Waals surface area (Å²) in [5.41, 5.74) is 1.19. The molecule has 0 fully saturated rings. The Bertz CT molecular complexity index is 1530. The third-order valence-corrected chi connectivity index (χ3v) is 7.19. The fourth-order valence-electron chi connectivity index (χ4n) is 3.78. The molecule has 0 saturated carbocycles. The molecule has 0 atom stereocenters. The molecule has 0 aliphatic carbocycles. The second-order valence-corrected chi connectivity index (χ2v) is 9.46. The van der Waals surface area contributed by atoms with Gasteiger partial charge in [-0.3, -0.25) is 14.6 Å². The number of carboxylic acids is 1. The summed E-state index contributed by atoms with van der Waals surface area (Å²) in [5.74, 6) is -0.711. The molecule has 0 unspecified atom stereocenters. The number of aliphatic carboxylic acids is 1. The van der Waals surface area contributed by atoms with Crippen LogP contribution in [-0.2, 0) is 21.2 Å². The van der Waals surface area contributed by atoms with E-state index in [1.54, 1.807) is 24.3 Å². The van der Waals surface area contributed by atoms with Crippen molar-refractivity contribution >= 4 is 32.7 Å². The Morgan fingerprint density at radius 1 is 1.00 bits per heavy atom. The van der Waals surface area contributed by atoms with Gasteiger partial charge in [-0.25, -0.2) is 12.4 Å². The smallest absolute Gasteiger partial charge is 0.303 e. The van der Waals surface area contributed by atoms with E-state index in [1.165, 1.54) is 56.9 Å². The molecule has 10 heteroatoms. The summed E-state index contributed by atoms with van der Waals surface area (Å²) in [6.45, 7) is 0. The molecular weight excluding hydrogens is 472 g/mol. The van der Waals surface area contributed by atoms with Gasteiger partial charge in [-0.1, -0.05) is 18.2 Å². The number of carbonyl (C=O) groups excluding carboxylic acids is 1. The highest BCUT2D eigenvalue weighted by molar-refractivity contribution is 7.90. The van der Waals surface area contributed by atoms with Gasteiger partial charge in [-0.05, 0) is 42.3 Å². The first-order chi connectivity index (χ1) is 16.8. The average Bonchev–Trinajstić information content (AvgIpc) is 3.24. The number of hydrogen-bond donors (Lipinski definition) is 1. The van der Waals surface area contributed by atoms with Gasteiger partial charge < -0.3 is 14.6 Å². The molecule has 2 heterocycles. The van der Waals surface area contributed by atoms with E-state index in [1.807, 2.05) is 0 Å². The minimum atomic E-state index is -4.17. The first-order valence-corrected chi connectivity index (χ1v) is 12.0. The number of benzene rings is 2. The predicted molar refractivity (Wildman–Crippen MR) is 128 cm³/mol. The highest BCUT2D eigenvalue weighted by atomic mass is 32.2. The first-order valence-electron chi connectivity index (χ1n) is 10.6. The number of hydrogen-bond acceptors (Lipinski definition) is 7. The predicted octanol–water partition coefficient (Wildman–Crippen LogP) is 3.54. The number of ether oxygens (including phenoxy) is 2. The molecule has 4 aromatic rings. The maximum atomic E-state index is 13.7. The van der Waals surface area contributed by atoms with Crippen molar-refractivity contribution in [2.45, 2.75) is 17.7 Å². The molecule has 0 spiro atoms. The fourth-order valence-corrected chi connectivity index (χ4v) is 5.21. The van der Waals surface area contributed by atoms with Crippen LogP contribution in [0.25, 0.3) is 10.9 Å². The van der Waals surface area contributed by atoms with Crippen molar-refractivity contribution in [1.29, 1.82) is 0 Å². The van der Waals surface area contributed by atoms with E-state index in [0.29, 0.717) is 28.0 Å². The summed E-state index contributed by atoms with van der Waals surface area (Å²) < 4.78 is 39.2. The summed E-state index contributed by atoms with van der Waals surface area (Å²) in [5, 5.41) is 9.67. The van der Waals surface area contributed by atoms with E-state index in [4.69, 9.17) is 14.6 Å². The summed E-state index contributed by atoms with van der Waals surface area (Å²) >= 11 is 0. The lowest BCUT2D eigenvalue weighted by Crippen LogP contribution is -2.13. The summed E-state index contributed by atoms with van der Waals surface area (Å²) in [6, 6.07) is 13.8. The average molecular weight is 495 g/mol. The molecular formula is C25H22N2O7S. The minimum absolute atomic E-state index is 0.101. The molecule has 0 radical (unpaired) electrons. The Morgan fingerprint density at radius 3 is 2.40 bits per heavy atom. The van der Waals surface area contributed by atoms with Crippen LogP contribution in [0.15, 0.2) is 71.9 Å². The van der Waals surface area contributed by atoms with Crippen molar-refractivity contribution in [3.8, 4) is 11.5 Å². The topological polar surface area (TPSA) is 125 Å². The Hall–Kier alpha value is -4.18. The van der Waals surface area contributed by atoms with E-state index >= 15 is 0 Å². The Kier molecular flexibility index (Phi) is 6.57. The number of aromatic nitrogens is 2. The van der Waals surface area contributed by atoms with E-state index in [9.17, 15) is 18.0 Å². The third kappa shape index (κ3) is 4.60. The van der Waals surface area contributed by atoms with Crippen LogP contribution in [0, 0.1) is 0 Å². The molecule has 180 valence electrons. The van der Waals surface area contributed by atoms with Gasteiger partial charge in [0, 0.05) is 35.8 Å². The second kappa shape index (κ2) is 9.59. The second-order valence-electron chi connectivity index (χ2n) is 7.65. The van der Waals surface area contributed by atoms with Gasteiger partial charge in [-0.2, -0.15) is 0 Å². The van der Waals surface area contributed by atoms with Gasteiger partial charge in [0.1, 0.15) is 5.69 Å². The molecule has 0 amide bonds. The molecule has 1 N–H and O–H groups in total. The molecule has 4 rings (SSSR count). The number of ketones is 1. The molecule has 35 heavy (non-hydrogen) atoms. The van der Waals surface area contributed by atoms with Crippen LogP contribution in [0.5, 0.6) is 11.5 Å². The fraction of sp³-hybridized carbons (Fsp3) is 0.160. The molecule has 0 bridgehead atoms. The lowest BCUT2D eigenvalue weighted by atomic mass is 10.1. The minimum Gasteiger partial charge on any atom is -0.493 e. The number of carboxylic acid groups (broad SMARTS) is 1. The van der Waals surface area contributed by atoms with Crippen molar-refractivity contribution in [3.05, 3.63) is 83.8 Å². The first kappa shape index (κ1) is 24.0. The molecule has 2 aromatic heterocycles. The number of aryl methyl sites for hydroxylation is 1. The maximum Gasteiger partial charge on any atom is 0.303 e. The van der Waals surface area contributed by atoms with E-state index < -0.39 is 21.8 Å². The molecule has 0 aliphatic rings. The molecule has 0 saturated heterocycles. The normalized spacial score (nSPS) is 11.4. The molecule has 0 aliphatic heterocycles. The monoisotopic (exact) mass is 494 g/mol. The number of nitrogens with zero attached hydrogens (tertiary/aromatic N) is 2. The number of methoxy groups -OCH3 is 2. The van der Waals surface area contributed by atoms with Crippen LogP contribution in [0.3, 0.4) is 0 Å². The summed E-state index contributed by atoms with van der Waals surface area (Å²) in [4.78, 5) is 27.9. The molecule has 9 nitrogen and oxygen atoms in total. The van der Waals surface area contributed by atoms with Gasteiger partial charge in [0.25, 0.3) is 10.0 Å². The largest absolute Gasteiger partial charge is 0.493 e. The van der Waals surface area contributed by atoms with Gasteiger partial charge >= 0.3 is 5.97 Å². The summed E-state index contributed by atoms with van der Waals surface area (Å²) in [7, 11) is -1.27. The zero-order valence-corrected chi connectivity index (χ0v) is 19.8. The lowest BCUT2D eigenvalue weighted by molar-refractivity contribution is -0.136. The zero-order valence-electron chi connectivity index (χ0n) is 19.0. The van der Waals surface area contributed by atoms with Crippen molar-refractivity contribution in [1.82, 2.24) is 8.96 Å². The number of fused-ring (bicyclic) bond motifs is 1. The van der Waals surface area contributed by atoms with Crippen molar-refractivity contribution in [2.24, 2.45) is 0 Å². The van der Waals surface area contributed by atoms with Gasteiger partial charge in [0.2, 0.25) is 5.78 Å². The Morgan fingerprint density at radius 2 is 1.74 bits per heavy atom. The third-order valence-electron chi connectivity index (χ3n) is 5.52. The highest BCUT2D eigenvalue weighted by Crippen LogP contribution is 2.36. The lowest BCUT2D eigenvalue weighted by Gasteiger charge is -2.11. The van der Waals surface area contributed by atoms with Crippen molar-refractivity contribution in [2.75, 3.05) is 14.2 Å².